The lowest BCUT2D eigenvalue weighted by Crippen LogP contribution is -2.10. The van der Waals surface area contributed by atoms with Crippen LogP contribution >= 0.6 is 0 Å². The van der Waals surface area contributed by atoms with Crippen LogP contribution < -0.4 is 9.47 Å². The number of aromatic nitrogens is 3. The zero-order valence-corrected chi connectivity index (χ0v) is 10.3. The van der Waals surface area contributed by atoms with E-state index in [1.165, 1.54) is 26.5 Å². The Morgan fingerprint density at radius 3 is 2.53 bits per heavy atom. The average Bonchev–Trinajstić information content (AvgIpc) is 2.46. The van der Waals surface area contributed by atoms with Crippen LogP contribution in [0.5, 0.6) is 11.8 Å². The fourth-order valence-electron chi connectivity index (χ4n) is 1.38. The first-order chi connectivity index (χ1) is 9.15. The van der Waals surface area contributed by atoms with E-state index in [2.05, 4.69) is 15.0 Å². The van der Waals surface area contributed by atoms with Gasteiger partial charge >= 0.3 is 0 Å². The Kier molecular flexibility index (Phi) is 3.65. The summed E-state index contributed by atoms with van der Waals surface area (Å²) in [6, 6.07) is 2.41. The zero-order chi connectivity index (χ0) is 13.8. The third-order valence-electron chi connectivity index (χ3n) is 2.30. The molecule has 0 aliphatic rings. The monoisotopic (exact) mass is 263 g/mol. The van der Waals surface area contributed by atoms with Gasteiger partial charge in [0.1, 0.15) is 11.5 Å². The first kappa shape index (κ1) is 12.9. The second-order valence-corrected chi connectivity index (χ2v) is 3.46. The number of carbonyl (C=O) groups is 1. The Labute approximate surface area is 108 Å². The summed E-state index contributed by atoms with van der Waals surface area (Å²) in [6.45, 7) is 0. The maximum atomic E-state index is 12.8. The fourth-order valence-corrected chi connectivity index (χ4v) is 1.38. The minimum atomic E-state index is -0.524. The molecule has 0 fully saturated rings. The SMILES string of the molecule is COc1cnc(C(=O)c2ccc(F)cn2)c(OC)n1. The fraction of sp³-hybridized carbons (Fsp3) is 0.167. The van der Waals surface area contributed by atoms with E-state index in [1.807, 2.05) is 0 Å². The number of nitrogens with zero attached hydrogens (tertiary/aromatic N) is 3. The molecule has 0 bridgehead atoms. The third kappa shape index (κ3) is 2.65. The molecule has 98 valence electrons. The molecule has 0 saturated heterocycles. The maximum Gasteiger partial charge on any atom is 0.247 e. The average molecular weight is 263 g/mol. The van der Waals surface area contributed by atoms with E-state index in [9.17, 15) is 9.18 Å². The molecule has 0 aromatic carbocycles. The Morgan fingerprint density at radius 2 is 1.95 bits per heavy atom. The summed E-state index contributed by atoms with van der Waals surface area (Å²) < 4.78 is 22.6. The molecule has 0 spiro atoms. The first-order valence-corrected chi connectivity index (χ1v) is 5.27. The standard InChI is InChI=1S/C12H10FN3O3/c1-18-9-6-15-10(12(16-9)19-2)11(17)8-4-3-7(13)5-14-8/h3-6H,1-2H3. The van der Waals surface area contributed by atoms with E-state index >= 15 is 0 Å². The van der Waals surface area contributed by atoms with E-state index < -0.39 is 11.6 Å². The Balaban J connectivity index is 2.40. The van der Waals surface area contributed by atoms with E-state index in [-0.39, 0.29) is 23.1 Å². The van der Waals surface area contributed by atoms with Crippen LogP contribution in [0.15, 0.2) is 24.5 Å². The highest BCUT2D eigenvalue weighted by Gasteiger charge is 2.19. The highest BCUT2D eigenvalue weighted by molar-refractivity contribution is 6.07. The smallest absolute Gasteiger partial charge is 0.247 e. The molecule has 0 N–H and O–H groups in total. The number of pyridine rings is 1. The maximum absolute atomic E-state index is 12.8. The molecule has 2 aromatic rings. The molecule has 0 unspecified atom stereocenters. The van der Waals surface area contributed by atoms with E-state index in [0.29, 0.717) is 0 Å². The van der Waals surface area contributed by atoms with Crippen molar-refractivity contribution in [3.8, 4) is 11.8 Å². The van der Waals surface area contributed by atoms with Gasteiger partial charge in [-0.2, -0.15) is 4.98 Å². The molecule has 0 saturated carbocycles. The number of carbonyl (C=O) groups excluding carboxylic acids is 1. The number of ether oxygens (including phenoxy) is 2. The summed E-state index contributed by atoms with van der Waals surface area (Å²) in [5, 5.41) is 0. The molecule has 2 heterocycles. The topological polar surface area (TPSA) is 74.2 Å². The predicted octanol–water partition coefficient (Wildman–Crippen LogP) is 1.26. The van der Waals surface area contributed by atoms with Crippen molar-refractivity contribution in [3.05, 3.63) is 41.7 Å². The van der Waals surface area contributed by atoms with Gasteiger partial charge in [-0.3, -0.25) is 4.79 Å². The van der Waals surface area contributed by atoms with Crippen LogP contribution in [0, 0.1) is 5.82 Å². The van der Waals surface area contributed by atoms with Crippen molar-refractivity contribution in [2.75, 3.05) is 14.2 Å². The van der Waals surface area contributed by atoms with Crippen LogP contribution in [-0.2, 0) is 0 Å². The molecular weight excluding hydrogens is 253 g/mol. The molecule has 7 heteroatoms. The summed E-state index contributed by atoms with van der Waals surface area (Å²) in [5.41, 5.74) is 0.0431. The lowest BCUT2D eigenvalue weighted by molar-refractivity contribution is 0.102. The summed E-state index contributed by atoms with van der Waals surface area (Å²) in [7, 11) is 2.78. The lowest BCUT2D eigenvalue weighted by atomic mass is 10.2. The molecular formula is C12H10FN3O3. The van der Waals surface area contributed by atoms with Gasteiger partial charge in [0.15, 0.2) is 5.69 Å². The molecule has 0 radical (unpaired) electrons. The van der Waals surface area contributed by atoms with Gasteiger partial charge in [0.2, 0.25) is 17.5 Å². The summed E-state index contributed by atoms with van der Waals surface area (Å²) in [4.78, 5) is 23.7. The Morgan fingerprint density at radius 1 is 1.16 bits per heavy atom. The van der Waals surface area contributed by atoms with Crippen molar-refractivity contribution >= 4 is 5.78 Å². The Hall–Kier alpha value is -2.57. The number of halogens is 1. The number of hydrogen-bond acceptors (Lipinski definition) is 6. The molecule has 0 aliphatic heterocycles. The van der Waals surface area contributed by atoms with Gasteiger partial charge < -0.3 is 9.47 Å². The van der Waals surface area contributed by atoms with E-state index in [1.54, 1.807) is 0 Å². The van der Waals surface area contributed by atoms with Gasteiger partial charge in [-0.25, -0.2) is 14.4 Å². The molecule has 0 atom stereocenters. The van der Waals surface area contributed by atoms with Gasteiger partial charge in [0.25, 0.3) is 0 Å². The highest BCUT2D eigenvalue weighted by atomic mass is 19.1. The third-order valence-corrected chi connectivity index (χ3v) is 2.30. The predicted molar refractivity (Wildman–Crippen MR) is 62.8 cm³/mol. The number of methoxy groups -OCH3 is 2. The summed E-state index contributed by atoms with van der Waals surface area (Å²) in [6.07, 6.45) is 2.25. The van der Waals surface area contributed by atoms with Crippen molar-refractivity contribution in [1.82, 2.24) is 15.0 Å². The van der Waals surface area contributed by atoms with Crippen LogP contribution in [0.25, 0.3) is 0 Å². The number of hydrogen-bond donors (Lipinski definition) is 0. The molecule has 2 rings (SSSR count). The van der Waals surface area contributed by atoms with Crippen LogP contribution in [0.1, 0.15) is 16.2 Å². The number of ketones is 1. The quantitative estimate of drug-likeness (QED) is 0.773. The molecule has 2 aromatic heterocycles. The van der Waals surface area contributed by atoms with Crippen molar-refractivity contribution in [3.63, 3.8) is 0 Å². The lowest BCUT2D eigenvalue weighted by Gasteiger charge is -2.06. The van der Waals surface area contributed by atoms with E-state index in [0.717, 1.165) is 12.3 Å². The number of rotatable bonds is 4. The van der Waals surface area contributed by atoms with Crippen molar-refractivity contribution in [2.45, 2.75) is 0 Å². The van der Waals surface area contributed by atoms with Gasteiger partial charge in [-0.1, -0.05) is 0 Å². The zero-order valence-electron chi connectivity index (χ0n) is 10.3. The molecule has 0 aliphatic carbocycles. The highest BCUT2D eigenvalue weighted by Crippen LogP contribution is 2.19. The second-order valence-electron chi connectivity index (χ2n) is 3.46. The second kappa shape index (κ2) is 5.38. The van der Waals surface area contributed by atoms with Crippen LogP contribution in [0.2, 0.25) is 0 Å². The van der Waals surface area contributed by atoms with Gasteiger partial charge in [0.05, 0.1) is 26.6 Å². The normalized spacial score (nSPS) is 10.1. The molecule has 0 amide bonds. The molecule has 19 heavy (non-hydrogen) atoms. The van der Waals surface area contributed by atoms with Gasteiger partial charge in [-0.05, 0) is 12.1 Å². The van der Waals surface area contributed by atoms with Crippen LogP contribution in [-0.4, -0.2) is 35.0 Å². The summed E-state index contributed by atoms with van der Waals surface area (Å²) >= 11 is 0. The Bertz CT molecular complexity index is 602. The van der Waals surface area contributed by atoms with Gasteiger partial charge in [0, 0.05) is 0 Å². The molecule has 6 nitrogen and oxygen atoms in total. The van der Waals surface area contributed by atoms with Crippen molar-refractivity contribution < 1.29 is 18.7 Å². The summed E-state index contributed by atoms with van der Waals surface area (Å²) in [5.74, 6) is -0.785. The minimum Gasteiger partial charge on any atom is -0.480 e. The van der Waals surface area contributed by atoms with Crippen molar-refractivity contribution in [2.24, 2.45) is 0 Å². The largest absolute Gasteiger partial charge is 0.480 e. The van der Waals surface area contributed by atoms with Crippen LogP contribution in [0.3, 0.4) is 0 Å². The van der Waals surface area contributed by atoms with E-state index in [4.69, 9.17) is 9.47 Å². The minimum absolute atomic E-state index is 0.0117. The first-order valence-electron chi connectivity index (χ1n) is 5.27. The van der Waals surface area contributed by atoms with Crippen LogP contribution in [0.4, 0.5) is 4.39 Å². The van der Waals surface area contributed by atoms with Crippen molar-refractivity contribution in [1.29, 1.82) is 0 Å². The van der Waals surface area contributed by atoms with Gasteiger partial charge in [-0.15, -0.1) is 0 Å².